The Balaban J connectivity index is 1.38. The number of aliphatic carboxylic acids is 1. The number of pyridine rings is 1. The Kier molecular flexibility index (Phi) is 12.3. The van der Waals surface area contributed by atoms with E-state index in [-0.39, 0.29) is 6.42 Å². The summed E-state index contributed by atoms with van der Waals surface area (Å²) in [6.45, 7) is 3.43. The van der Waals surface area contributed by atoms with Crippen LogP contribution in [0, 0.1) is 11.3 Å². The third kappa shape index (κ3) is 11.3. The van der Waals surface area contributed by atoms with Crippen LogP contribution >= 0.6 is 0 Å². The zero-order valence-electron chi connectivity index (χ0n) is 18.4. The number of rotatable bonds is 17. The van der Waals surface area contributed by atoms with Crippen molar-refractivity contribution in [1.29, 1.82) is 5.26 Å². The minimum absolute atomic E-state index is 0.272. The first-order chi connectivity index (χ1) is 16.1. The topological polar surface area (TPSA) is 146 Å². The molecular weight excluding hydrogens is 430 g/mol. The third-order valence-corrected chi connectivity index (χ3v) is 4.28. The van der Waals surface area contributed by atoms with Crippen molar-refractivity contribution in [1.82, 2.24) is 4.98 Å². The summed E-state index contributed by atoms with van der Waals surface area (Å²) in [5, 5.41) is 17.5. The van der Waals surface area contributed by atoms with Crippen LogP contribution in [-0.2, 0) is 25.4 Å². The second-order valence-electron chi connectivity index (χ2n) is 6.82. The van der Waals surface area contributed by atoms with E-state index in [1.165, 1.54) is 6.20 Å². The molecule has 1 atom stereocenters. The van der Waals surface area contributed by atoms with Gasteiger partial charge in [0.15, 0.2) is 0 Å². The summed E-state index contributed by atoms with van der Waals surface area (Å²) < 4.78 is 27.3. The van der Waals surface area contributed by atoms with Crippen LogP contribution in [0.1, 0.15) is 11.3 Å². The molecule has 33 heavy (non-hydrogen) atoms. The van der Waals surface area contributed by atoms with Crippen molar-refractivity contribution in [3.8, 4) is 17.6 Å². The first-order valence-electron chi connectivity index (χ1n) is 10.5. The van der Waals surface area contributed by atoms with Gasteiger partial charge in [-0.05, 0) is 36.2 Å². The highest BCUT2D eigenvalue weighted by Gasteiger charge is 2.11. The first-order valence-corrected chi connectivity index (χ1v) is 10.5. The van der Waals surface area contributed by atoms with Gasteiger partial charge in [-0.25, -0.2) is 4.98 Å². The van der Waals surface area contributed by atoms with Crippen LogP contribution in [0.15, 0.2) is 42.6 Å². The highest BCUT2D eigenvalue weighted by atomic mass is 16.6. The van der Waals surface area contributed by atoms with Crippen molar-refractivity contribution in [2.45, 2.75) is 12.5 Å². The van der Waals surface area contributed by atoms with Gasteiger partial charge in [0.2, 0.25) is 0 Å². The number of nitrogens with two attached hydrogens (primary N) is 1. The molecule has 0 aliphatic heterocycles. The maximum Gasteiger partial charge on any atom is 0.320 e. The van der Waals surface area contributed by atoms with E-state index in [0.717, 1.165) is 5.56 Å². The fourth-order valence-electron chi connectivity index (χ4n) is 2.57. The van der Waals surface area contributed by atoms with Crippen LogP contribution in [0.3, 0.4) is 0 Å². The molecule has 0 spiro atoms. The highest BCUT2D eigenvalue weighted by molar-refractivity contribution is 5.73. The predicted molar refractivity (Wildman–Crippen MR) is 118 cm³/mol. The molecule has 0 fully saturated rings. The van der Waals surface area contributed by atoms with E-state index < -0.39 is 12.0 Å². The lowest BCUT2D eigenvalue weighted by atomic mass is 10.1. The van der Waals surface area contributed by atoms with Crippen molar-refractivity contribution in [3.05, 3.63) is 53.9 Å². The van der Waals surface area contributed by atoms with Crippen LogP contribution in [0.4, 0.5) is 0 Å². The average molecular weight is 459 g/mol. The fraction of sp³-hybridized carbons (Fsp3) is 0.435. The number of nitriles is 1. The van der Waals surface area contributed by atoms with Crippen LogP contribution in [0.5, 0.6) is 11.5 Å². The molecule has 2 aromatic rings. The van der Waals surface area contributed by atoms with Gasteiger partial charge in [-0.1, -0.05) is 12.1 Å². The van der Waals surface area contributed by atoms with E-state index >= 15 is 0 Å². The van der Waals surface area contributed by atoms with Gasteiger partial charge in [-0.15, -0.1) is 0 Å². The molecule has 0 aliphatic carbocycles. The normalized spacial score (nSPS) is 11.5. The van der Waals surface area contributed by atoms with Gasteiger partial charge in [-0.3, -0.25) is 4.79 Å². The number of aromatic nitrogens is 1. The smallest absolute Gasteiger partial charge is 0.320 e. The van der Waals surface area contributed by atoms with Gasteiger partial charge in [-0.2, -0.15) is 5.26 Å². The molecule has 0 aliphatic rings. The molecular formula is C23H29N3O7. The predicted octanol–water partition coefficient (Wildman–Crippen LogP) is 1.42. The molecule has 0 bridgehead atoms. The Morgan fingerprint density at radius 2 is 1.39 bits per heavy atom. The molecule has 1 aromatic heterocycles. The highest BCUT2D eigenvalue weighted by Crippen LogP contribution is 2.13. The van der Waals surface area contributed by atoms with Gasteiger partial charge in [0, 0.05) is 0 Å². The maximum absolute atomic E-state index is 10.8. The minimum Gasteiger partial charge on any atom is -0.491 e. The summed E-state index contributed by atoms with van der Waals surface area (Å²) in [5.74, 6) is 0.249. The Bertz CT molecular complexity index is 854. The quantitative estimate of drug-likeness (QED) is 0.333. The molecule has 1 heterocycles. The average Bonchev–Trinajstić information content (AvgIpc) is 2.83. The van der Waals surface area contributed by atoms with Crippen molar-refractivity contribution in [2.75, 3.05) is 52.9 Å². The molecule has 1 aromatic carbocycles. The molecule has 0 saturated heterocycles. The van der Waals surface area contributed by atoms with Gasteiger partial charge in [0.1, 0.15) is 42.5 Å². The minimum atomic E-state index is -1.02. The molecule has 0 amide bonds. The van der Waals surface area contributed by atoms with E-state index in [0.29, 0.717) is 70.0 Å². The second kappa shape index (κ2) is 15.6. The zero-order chi connectivity index (χ0) is 23.7. The number of carbonyl (C=O) groups is 1. The van der Waals surface area contributed by atoms with E-state index in [9.17, 15) is 4.79 Å². The van der Waals surface area contributed by atoms with Gasteiger partial charge < -0.3 is 34.5 Å². The number of nitrogens with zero attached hydrogens (tertiary/aromatic N) is 2. The summed E-state index contributed by atoms with van der Waals surface area (Å²) >= 11 is 0. The second-order valence-corrected chi connectivity index (χ2v) is 6.82. The SMILES string of the molecule is N#Cc1ccc(OCCOCCOCCOCCOc2ccc(C[C@H](N)C(=O)O)cc2)cn1. The van der Waals surface area contributed by atoms with Crippen molar-refractivity contribution in [2.24, 2.45) is 5.73 Å². The lowest BCUT2D eigenvalue weighted by molar-refractivity contribution is -0.138. The summed E-state index contributed by atoms with van der Waals surface area (Å²) in [7, 11) is 0. The maximum atomic E-state index is 10.8. The molecule has 0 unspecified atom stereocenters. The number of hydrogen-bond acceptors (Lipinski definition) is 9. The van der Waals surface area contributed by atoms with Crippen molar-refractivity contribution in [3.63, 3.8) is 0 Å². The summed E-state index contributed by atoms with van der Waals surface area (Å²) in [6.07, 6.45) is 1.78. The third-order valence-electron chi connectivity index (χ3n) is 4.28. The summed E-state index contributed by atoms with van der Waals surface area (Å²) in [6, 6.07) is 11.5. The van der Waals surface area contributed by atoms with Gasteiger partial charge in [0.05, 0.1) is 45.8 Å². The Hall–Kier alpha value is -3.23. The molecule has 2 rings (SSSR count). The first kappa shape index (κ1) is 26.0. The fourth-order valence-corrected chi connectivity index (χ4v) is 2.57. The van der Waals surface area contributed by atoms with Gasteiger partial charge in [0.25, 0.3) is 0 Å². The number of carboxylic acid groups (broad SMARTS) is 1. The van der Waals surface area contributed by atoms with Crippen LogP contribution in [0.25, 0.3) is 0 Å². The van der Waals surface area contributed by atoms with Crippen LogP contribution in [0.2, 0.25) is 0 Å². The largest absolute Gasteiger partial charge is 0.491 e. The molecule has 10 nitrogen and oxygen atoms in total. The van der Waals surface area contributed by atoms with E-state index in [4.69, 9.17) is 39.8 Å². The summed E-state index contributed by atoms with van der Waals surface area (Å²) in [5.41, 5.74) is 6.70. The van der Waals surface area contributed by atoms with Crippen molar-refractivity contribution < 1.29 is 33.6 Å². The lowest BCUT2D eigenvalue weighted by Crippen LogP contribution is -2.32. The van der Waals surface area contributed by atoms with Gasteiger partial charge >= 0.3 is 5.97 Å². The van der Waals surface area contributed by atoms with Crippen LogP contribution in [-0.4, -0.2) is 75.0 Å². The molecule has 178 valence electrons. The van der Waals surface area contributed by atoms with E-state index in [2.05, 4.69) is 4.98 Å². The standard InChI is InChI=1S/C23H29N3O7/c24-16-19-3-6-21(17-26-19)33-14-12-31-10-8-29-7-9-30-11-13-32-20-4-1-18(2-5-20)15-22(25)23(27)28/h1-6,17,22H,7-15,25H2,(H,27,28)/t22-/m0/s1. The molecule has 0 radical (unpaired) electrons. The van der Waals surface area contributed by atoms with Crippen LogP contribution < -0.4 is 15.2 Å². The Morgan fingerprint density at radius 1 is 0.879 bits per heavy atom. The number of carboxylic acids is 1. The van der Waals surface area contributed by atoms with E-state index in [1.807, 2.05) is 6.07 Å². The Morgan fingerprint density at radius 3 is 1.88 bits per heavy atom. The number of ether oxygens (including phenoxy) is 5. The Labute approximate surface area is 192 Å². The number of hydrogen-bond donors (Lipinski definition) is 2. The lowest BCUT2D eigenvalue weighted by Gasteiger charge is -2.10. The molecule has 3 N–H and O–H groups in total. The monoisotopic (exact) mass is 459 g/mol. The molecule has 0 saturated carbocycles. The van der Waals surface area contributed by atoms with Crippen molar-refractivity contribution >= 4 is 5.97 Å². The number of benzene rings is 1. The zero-order valence-corrected chi connectivity index (χ0v) is 18.4. The van der Waals surface area contributed by atoms with E-state index in [1.54, 1.807) is 36.4 Å². The molecule has 10 heteroatoms. The summed E-state index contributed by atoms with van der Waals surface area (Å²) in [4.78, 5) is 14.7.